The molecular formula is C20H13ClN4O4S. The third-order valence-electron chi connectivity index (χ3n) is 4.38. The highest BCUT2D eigenvalue weighted by Gasteiger charge is 2.17. The number of esters is 1. The molecule has 2 aromatic heterocycles. The number of nitro groups is 1. The first-order valence-electron chi connectivity index (χ1n) is 8.60. The van der Waals surface area contributed by atoms with Crippen molar-refractivity contribution in [2.45, 2.75) is 0 Å². The summed E-state index contributed by atoms with van der Waals surface area (Å²) in [5.41, 5.74) is 2.21. The van der Waals surface area contributed by atoms with Crippen molar-refractivity contribution in [2.24, 2.45) is 0 Å². The number of hydrogen-bond acceptors (Lipinski definition) is 8. The van der Waals surface area contributed by atoms with E-state index in [9.17, 15) is 14.9 Å². The highest BCUT2D eigenvalue weighted by molar-refractivity contribution is 7.17. The van der Waals surface area contributed by atoms with E-state index in [1.54, 1.807) is 30.3 Å². The average molecular weight is 441 g/mol. The number of rotatable bonds is 5. The van der Waals surface area contributed by atoms with Gasteiger partial charge >= 0.3 is 5.97 Å². The van der Waals surface area contributed by atoms with Crippen LogP contribution in [0, 0.1) is 10.1 Å². The predicted molar refractivity (Wildman–Crippen MR) is 116 cm³/mol. The summed E-state index contributed by atoms with van der Waals surface area (Å²) >= 11 is 7.70. The summed E-state index contributed by atoms with van der Waals surface area (Å²) < 4.78 is 4.76. The van der Waals surface area contributed by atoms with Gasteiger partial charge < -0.3 is 10.1 Å². The van der Waals surface area contributed by atoms with Gasteiger partial charge in [-0.15, -0.1) is 11.3 Å². The number of benzene rings is 2. The van der Waals surface area contributed by atoms with Crippen LogP contribution in [0.4, 0.5) is 17.2 Å². The van der Waals surface area contributed by atoms with Gasteiger partial charge in [0.25, 0.3) is 5.69 Å². The molecule has 0 aliphatic rings. The van der Waals surface area contributed by atoms with E-state index in [0.717, 1.165) is 5.56 Å². The maximum absolute atomic E-state index is 11.9. The molecule has 30 heavy (non-hydrogen) atoms. The summed E-state index contributed by atoms with van der Waals surface area (Å²) in [4.78, 5) is 31.9. The Kier molecular flexibility index (Phi) is 5.30. The fourth-order valence-electron chi connectivity index (χ4n) is 2.96. The zero-order valence-corrected chi connectivity index (χ0v) is 17.0. The molecule has 4 rings (SSSR count). The van der Waals surface area contributed by atoms with Gasteiger partial charge in [-0.1, -0.05) is 23.7 Å². The molecule has 150 valence electrons. The molecular weight excluding hydrogens is 428 g/mol. The van der Waals surface area contributed by atoms with E-state index in [-0.39, 0.29) is 5.69 Å². The number of non-ortho nitro benzene ring substituents is 1. The molecule has 0 aliphatic heterocycles. The Bertz CT molecular complexity index is 1290. The van der Waals surface area contributed by atoms with E-state index in [0.29, 0.717) is 37.9 Å². The summed E-state index contributed by atoms with van der Waals surface area (Å²) in [6, 6.07) is 11.1. The fraction of sp³-hybridized carbons (Fsp3) is 0.0500. The van der Waals surface area contributed by atoms with Crippen LogP contribution in [0.25, 0.3) is 21.3 Å². The lowest BCUT2D eigenvalue weighted by molar-refractivity contribution is -0.384. The molecule has 0 spiro atoms. The summed E-state index contributed by atoms with van der Waals surface area (Å²) in [5, 5.41) is 17.3. The van der Waals surface area contributed by atoms with Crippen molar-refractivity contribution in [1.82, 2.24) is 9.97 Å². The maximum Gasteiger partial charge on any atom is 0.337 e. The second-order valence-electron chi connectivity index (χ2n) is 6.17. The van der Waals surface area contributed by atoms with Crippen LogP contribution in [0.3, 0.4) is 0 Å². The van der Waals surface area contributed by atoms with Crippen LogP contribution < -0.4 is 5.32 Å². The maximum atomic E-state index is 11.9. The molecule has 10 heteroatoms. The Labute approximate surface area is 179 Å². The number of methoxy groups -OCH3 is 1. The van der Waals surface area contributed by atoms with Crippen molar-refractivity contribution in [3.8, 4) is 11.1 Å². The van der Waals surface area contributed by atoms with Crippen molar-refractivity contribution in [2.75, 3.05) is 12.4 Å². The van der Waals surface area contributed by atoms with Crippen LogP contribution in [0.1, 0.15) is 10.4 Å². The van der Waals surface area contributed by atoms with Crippen LogP contribution in [0.15, 0.2) is 54.2 Å². The van der Waals surface area contributed by atoms with Gasteiger partial charge in [-0.2, -0.15) is 0 Å². The Hall–Kier alpha value is -3.56. The first-order chi connectivity index (χ1) is 14.5. The number of hydrogen-bond donors (Lipinski definition) is 1. The molecule has 0 radical (unpaired) electrons. The fourth-order valence-corrected chi connectivity index (χ4v) is 4.04. The smallest absolute Gasteiger partial charge is 0.337 e. The topological polar surface area (TPSA) is 107 Å². The molecule has 0 atom stereocenters. The Morgan fingerprint density at radius 1 is 1.23 bits per heavy atom. The molecule has 0 unspecified atom stereocenters. The third kappa shape index (κ3) is 3.68. The average Bonchev–Trinajstić information content (AvgIpc) is 3.20. The molecule has 0 fully saturated rings. The standard InChI is InChI=1S/C20H13ClN4O4S/c1-29-20(26)12-5-6-15(21)16(8-12)24-18-17-14(9-30-19(17)23-10-22-18)11-3-2-4-13(7-11)25(27)28/h2-10H,1H3,(H,22,23,24). The second-order valence-corrected chi connectivity index (χ2v) is 7.44. The van der Waals surface area contributed by atoms with Crippen LogP contribution >= 0.6 is 22.9 Å². The van der Waals surface area contributed by atoms with E-state index in [4.69, 9.17) is 16.3 Å². The van der Waals surface area contributed by atoms with Crippen LogP contribution in [-0.4, -0.2) is 28.0 Å². The number of nitrogens with one attached hydrogen (secondary N) is 1. The van der Waals surface area contributed by atoms with E-state index in [1.165, 1.54) is 36.9 Å². The highest BCUT2D eigenvalue weighted by Crippen LogP contribution is 2.39. The number of halogens is 1. The molecule has 0 bridgehead atoms. The molecule has 4 aromatic rings. The first-order valence-corrected chi connectivity index (χ1v) is 9.85. The van der Waals surface area contributed by atoms with Crippen LogP contribution in [0.5, 0.6) is 0 Å². The van der Waals surface area contributed by atoms with Gasteiger partial charge in [-0.25, -0.2) is 14.8 Å². The van der Waals surface area contributed by atoms with Crippen molar-refractivity contribution in [1.29, 1.82) is 0 Å². The molecule has 0 saturated carbocycles. The van der Waals surface area contributed by atoms with Crippen LogP contribution in [-0.2, 0) is 4.74 Å². The van der Waals surface area contributed by atoms with E-state index >= 15 is 0 Å². The van der Waals surface area contributed by atoms with E-state index in [1.807, 2.05) is 5.38 Å². The minimum atomic E-state index is -0.490. The van der Waals surface area contributed by atoms with Gasteiger partial charge in [0.05, 0.1) is 33.7 Å². The zero-order chi connectivity index (χ0) is 21.3. The molecule has 0 saturated heterocycles. The van der Waals surface area contributed by atoms with E-state index < -0.39 is 10.9 Å². The number of nitro benzene ring substituents is 1. The van der Waals surface area contributed by atoms with Gasteiger partial charge in [-0.05, 0) is 23.8 Å². The minimum absolute atomic E-state index is 0.00738. The highest BCUT2D eigenvalue weighted by atomic mass is 35.5. The molecule has 0 amide bonds. The number of carbonyl (C=O) groups excluding carboxylic acids is 1. The monoisotopic (exact) mass is 440 g/mol. The largest absolute Gasteiger partial charge is 0.465 e. The number of nitrogens with zero attached hydrogens (tertiary/aromatic N) is 3. The van der Waals surface area contributed by atoms with Gasteiger partial charge in [0.15, 0.2) is 0 Å². The van der Waals surface area contributed by atoms with Crippen molar-refractivity contribution in [3.63, 3.8) is 0 Å². The summed E-state index contributed by atoms with van der Waals surface area (Å²) in [6.45, 7) is 0. The normalized spacial score (nSPS) is 10.7. The van der Waals surface area contributed by atoms with Crippen LogP contribution in [0.2, 0.25) is 5.02 Å². The Morgan fingerprint density at radius 3 is 2.83 bits per heavy atom. The minimum Gasteiger partial charge on any atom is -0.465 e. The number of aromatic nitrogens is 2. The van der Waals surface area contributed by atoms with Crippen molar-refractivity contribution < 1.29 is 14.5 Å². The van der Waals surface area contributed by atoms with Gasteiger partial charge in [0.1, 0.15) is 17.0 Å². The quantitative estimate of drug-likeness (QED) is 0.249. The summed E-state index contributed by atoms with van der Waals surface area (Å²) in [7, 11) is 1.30. The van der Waals surface area contributed by atoms with Gasteiger partial charge in [0, 0.05) is 23.1 Å². The zero-order valence-electron chi connectivity index (χ0n) is 15.5. The number of fused-ring (bicyclic) bond motifs is 1. The van der Waals surface area contributed by atoms with E-state index in [2.05, 4.69) is 15.3 Å². The summed E-state index contributed by atoms with van der Waals surface area (Å²) in [6.07, 6.45) is 1.41. The molecule has 1 N–H and O–H groups in total. The Balaban J connectivity index is 1.82. The lowest BCUT2D eigenvalue weighted by Crippen LogP contribution is -2.03. The molecule has 2 heterocycles. The lowest BCUT2D eigenvalue weighted by Gasteiger charge is -2.11. The number of anilines is 2. The number of carbonyl (C=O) groups is 1. The first kappa shape index (κ1) is 19.7. The summed E-state index contributed by atoms with van der Waals surface area (Å²) in [5.74, 6) is -0.0259. The lowest BCUT2D eigenvalue weighted by atomic mass is 10.1. The van der Waals surface area contributed by atoms with Crippen molar-refractivity contribution >= 4 is 56.3 Å². The third-order valence-corrected chi connectivity index (χ3v) is 5.59. The van der Waals surface area contributed by atoms with Gasteiger partial charge in [0.2, 0.25) is 0 Å². The predicted octanol–water partition coefficient (Wildman–Crippen LogP) is 5.45. The van der Waals surface area contributed by atoms with Crippen molar-refractivity contribution in [3.05, 3.63) is 74.9 Å². The molecule has 0 aliphatic carbocycles. The molecule has 2 aromatic carbocycles. The molecule has 8 nitrogen and oxygen atoms in total. The Morgan fingerprint density at radius 2 is 2.07 bits per heavy atom. The van der Waals surface area contributed by atoms with Gasteiger partial charge in [-0.3, -0.25) is 10.1 Å². The second kappa shape index (κ2) is 8.05. The number of thiophene rings is 1. The number of ether oxygens (including phenoxy) is 1. The SMILES string of the molecule is COC(=O)c1ccc(Cl)c(Nc2ncnc3scc(-c4cccc([N+](=O)[O-])c4)c23)c1.